The summed E-state index contributed by atoms with van der Waals surface area (Å²) in [6, 6.07) is 5.19. The molecule has 0 bridgehead atoms. The second kappa shape index (κ2) is 3.98. The lowest BCUT2D eigenvalue weighted by Crippen LogP contribution is -2.01. The van der Waals surface area contributed by atoms with E-state index in [1.54, 1.807) is 24.4 Å². The van der Waals surface area contributed by atoms with Gasteiger partial charge in [-0.15, -0.1) is 0 Å². The highest BCUT2D eigenvalue weighted by Gasteiger charge is 2.14. The van der Waals surface area contributed by atoms with E-state index in [9.17, 15) is 4.79 Å². The number of furan rings is 1. The fourth-order valence-corrected chi connectivity index (χ4v) is 1.63. The van der Waals surface area contributed by atoms with Crippen LogP contribution in [0.15, 0.2) is 39.7 Å². The average Bonchev–Trinajstić information content (AvgIpc) is 2.65. The highest BCUT2D eigenvalue weighted by Crippen LogP contribution is 2.20. The van der Waals surface area contributed by atoms with Gasteiger partial charge in [-0.05, 0) is 41.1 Å². The molecule has 3 nitrogen and oxygen atoms in total. The summed E-state index contributed by atoms with van der Waals surface area (Å²) in [5.41, 5.74) is 1.96. The van der Waals surface area contributed by atoms with E-state index >= 15 is 0 Å². The molecule has 4 heteroatoms. The van der Waals surface area contributed by atoms with Gasteiger partial charge in [0.15, 0.2) is 10.5 Å². The minimum Gasteiger partial charge on any atom is -0.457 e. The number of nitrogens with zero attached hydrogens (tertiary/aromatic N) is 1. The molecule has 2 heterocycles. The first-order valence-corrected chi connectivity index (χ1v) is 5.18. The SMILES string of the molecule is Cc1ccc(C(=O)c2ccoc2Br)cn1. The van der Waals surface area contributed by atoms with Gasteiger partial charge in [0.05, 0.1) is 11.8 Å². The summed E-state index contributed by atoms with van der Waals surface area (Å²) >= 11 is 3.17. The summed E-state index contributed by atoms with van der Waals surface area (Å²) in [5.74, 6) is -0.0943. The largest absolute Gasteiger partial charge is 0.457 e. The lowest BCUT2D eigenvalue weighted by molar-refractivity contribution is 0.103. The van der Waals surface area contributed by atoms with Gasteiger partial charge in [0, 0.05) is 17.5 Å². The number of carbonyl (C=O) groups excluding carboxylic acids is 1. The number of rotatable bonds is 2. The first-order valence-electron chi connectivity index (χ1n) is 4.39. The molecular weight excluding hydrogens is 258 g/mol. The minimum absolute atomic E-state index is 0.0943. The summed E-state index contributed by atoms with van der Waals surface area (Å²) in [4.78, 5) is 16.0. The van der Waals surface area contributed by atoms with Gasteiger partial charge in [-0.3, -0.25) is 9.78 Å². The van der Waals surface area contributed by atoms with Crippen molar-refractivity contribution in [3.63, 3.8) is 0 Å². The number of halogens is 1. The van der Waals surface area contributed by atoms with Crippen LogP contribution < -0.4 is 0 Å². The van der Waals surface area contributed by atoms with Crippen LogP contribution in [-0.4, -0.2) is 10.8 Å². The summed E-state index contributed by atoms with van der Waals surface area (Å²) in [7, 11) is 0. The third kappa shape index (κ3) is 1.99. The zero-order chi connectivity index (χ0) is 10.8. The van der Waals surface area contributed by atoms with Gasteiger partial charge in [0.2, 0.25) is 0 Å². The Hall–Kier alpha value is -1.42. The van der Waals surface area contributed by atoms with E-state index in [2.05, 4.69) is 20.9 Å². The highest BCUT2D eigenvalue weighted by molar-refractivity contribution is 9.10. The molecule has 0 N–H and O–H groups in total. The topological polar surface area (TPSA) is 43.1 Å². The van der Waals surface area contributed by atoms with Crippen LogP contribution >= 0.6 is 15.9 Å². The molecule has 76 valence electrons. The van der Waals surface area contributed by atoms with Crippen molar-refractivity contribution in [1.82, 2.24) is 4.98 Å². The zero-order valence-electron chi connectivity index (χ0n) is 8.03. The van der Waals surface area contributed by atoms with Crippen LogP contribution in [0.25, 0.3) is 0 Å². The average molecular weight is 266 g/mol. The number of hydrogen-bond acceptors (Lipinski definition) is 3. The van der Waals surface area contributed by atoms with Crippen molar-refractivity contribution < 1.29 is 9.21 Å². The normalized spacial score (nSPS) is 10.3. The summed E-state index contributed by atoms with van der Waals surface area (Å²) < 4.78 is 5.46. The van der Waals surface area contributed by atoms with Gasteiger partial charge in [-0.25, -0.2) is 0 Å². The summed E-state index contributed by atoms with van der Waals surface area (Å²) in [5, 5.41) is 0. The maximum atomic E-state index is 11.9. The molecule has 0 spiro atoms. The molecule has 2 aromatic rings. The van der Waals surface area contributed by atoms with Crippen molar-refractivity contribution in [2.45, 2.75) is 6.92 Å². The van der Waals surface area contributed by atoms with E-state index in [1.807, 2.05) is 6.92 Å². The highest BCUT2D eigenvalue weighted by atomic mass is 79.9. The van der Waals surface area contributed by atoms with E-state index in [-0.39, 0.29) is 5.78 Å². The fourth-order valence-electron chi connectivity index (χ4n) is 1.21. The zero-order valence-corrected chi connectivity index (χ0v) is 9.61. The molecule has 2 rings (SSSR count). The molecule has 0 aromatic carbocycles. The number of pyridine rings is 1. The summed E-state index contributed by atoms with van der Waals surface area (Å²) in [6.45, 7) is 1.88. The predicted octanol–water partition coefficient (Wildman–Crippen LogP) is 2.98. The number of aryl methyl sites for hydroxylation is 1. The van der Waals surface area contributed by atoms with Crippen molar-refractivity contribution in [2.75, 3.05) is 0 Å². The standard InChI is InChI=1S/C11H8BrNO2/c1-7-2-3-8(6-13-7)10(14)9-4-5-15-11(9)12/h2-6H,1H3. The minimum atomic E-state index is -0.0943. The number of aromatic nitrogens is 1. The van der Waals surface area contributed by atoms with E-state index in [0.717, 1.165) is 5.69 Å². The molecule has 0 saturated heterocycles. The van der Waals surface area contributed by atoms with Crippen LogP contribution in [-0.2, 0) is 0 Å². The maximum Gasteiger partial charge on any atom is 0.199 e. The molecule has 0 unspecified atom stereocenters. The first kappa shape index (κ1) is 10.1. The quantitative estimate of drug-likeness (QED) is 0.785. The van der Waals surface area contributed by atoms with Gasteiger partial charge in [0.25, 0.3) is 0 Å². The van der Waals surface area contributed by atoms with Crippen molar-refractivity contribution in [1.29, 1.82) is 0 Å². The third-order valence-corrected chi connectivity index (χ3v) is 2.65. The van der Waals surface area contributed by atoms with Crippen LogP contribution in [0, 0.1) is 6.92 Å². The fraction of sp³-hybridized carbons (Fsp3) is 0.0909. The van der Waals surface area contributed by atoms with Crippen molar-refractivity contribution in [3.05, 3.63) is 52.1 Å². The summed E-state index contributed by atoms with van der Waals surface area (Å²) in [6.07, 6.45) is 3.04. The van der Waals surface area contributed by atoms with Crippen LogP contribution in [0.5, 0.6) is 0 Å². The Kier molecular flexibility index (Phi) is 2.68. The van der Waals surface area contributed by atoms with Crippen molar-refractivity contribution >= 4 is 21.7 Å². The number of hydrogen-bond donors (Lipinski definition) is 0. The molecule has 0 aliphatic heterocycles. The van der Waals surface area contributed by atoms with Gasteiger partial charge in [-0.1, -0.05) is 0 Å². The number of carbonyl (C=O) groups is 1. The van der Waals surface area contributed by atoms with Gasteiger partial charge in [0.1, 0.15) is 0 Å². The molecule has 15 heavy (non-hydrogen) atoms. The van der Waals surface area contributed by atoms with Crippen LogP contribution in [0.4, 0.5) is 0 Å². The molecule has 0 fully saturated rings. The predicted molar refractivity (Wildman–Crippen MR) is 58.8 cm³/mol. The van der Waals surface area contributed by atoms with E-state index in [4.69, 9.17) is 4.42 Å². The Morgan fingerprint density at radius 2 is 2.20 bits per heavy atom. The molecule has 0 atom stereocenters. The maximum absolute atomic E-state index is 11.9. The van der Waals surface area contributed by atoms with Crippen LogP contribution in [0.3, 0.4) is 0 Å². The Balaban J connectivity index is 2.37. The Labute approximate surface area is 95.3 Å². The smallest absolute Gasteiger partial charge is 0.199 e. The third-order valence-electron chi connectivity index (χ3n) is 2.04. The van der Waals surface area contributed by atoms with Crippen LogP contribution in [0.1, 0.15) is 21.6 Å². The molecule has 0 aliphatic rings. The molecule has 0 aliphatic carbocycles. The molecule has 0 radical (unpaired) electrons. The Morgan fingerprint density at radius 1 is 1.40 bits per heavy atom. The van der Waals surface area contributed by atoms with Gasteiger partial charge in [-0.2, -0.15) is 0 Å². The molecular formula is C11H8BrNO2. The van der Waals surface area contributed by atoms with E-state index in [1.165, 1.54) is 6.26 Å². The van der Waals surface area contributed by atoms with Gasteiger partial charge < -0.3 is 4.42 Å². The second-order valence-electron chi connectivity index (χ2n) is 3.13. The lowest BCUT2D eigenvalue weighted by atomic mass is 10.1. The molecule has 2 aromatic heterocycles. The van der Waals surface area contributed by atoms with E-state index < -0.39 is 0 Å². The van der Waals surface area contributed by atoms with E-state index in [0.29, 0.717) is 15.8 Å². The molecule has 0 saturated carbocycles. The second-order valence-corrected chi connectivity index (χ2v) is 3.85. The lowest BCUT2D eigenvalue weighted by Gasteiger charge is -1.98. The van der Waals surface area contributed by atoms with Crippen molar-refractivity contribution in [3.8, 4) is 0 Å². The molecule has 0 amide bonds. The Morgan fingerprint density at radius 3 is 2.73 bits per heavy atom. The monoisotopic (exact) mass is 265 g/mol. The first-order chi connectivity index (χ1) is 7.18. The van der Waals surface area contributed by atoms with Crippen LogP contribution in [0.2, 0.25) is 0 Å². The Bertz CT molecular complexity index is 488. The number of ketones is 1. The van der Waals surface area contributed by atoms with Gasteiger partial charge >= 0.3 is 0 Å². The van der Waals surface area contributed by atoms with Crippen molar-refractivity contribution in [2.24, 2.45) is 0 Å².